The largest absolute Gasteiger partial charge is 0.494 e. The SMILES string of the molecule is CCCCCCOc1ccc(C(=O)NNC(=O)C(=O)NNC(=O)c2ccc(OCCCCCC)cc2)cc1. The molecule has 0 aliphatic carbocycles. The van der Waals surface area contributed by atoms with Gasteiger partial charge in [-0.25, -0.2) is 0 Å². The maximum atomic E-state index is 12.2. The van der Waals surface area contributed by atoms with Gasteiger partial charge >= 0.3 is 11.8 Å². The average Bonchev–Trinajstić information content (AvgIpc) is 2.94. The quantitative estimate of drug-likeness (QED) is 0.168. The van der Waals surface area contributed by atoms with Crippen LogP contribution in [-0.2, 0) is 9.59 Å². The van der Waals surface area contributed by atoms with E-state index in [1.54, 1.807) is 48.5 Å². The zero-order valence-electron chi connectivity index (χ0n) is 22.1. The zero-order chi connectivity index (χ0) is 27.6. The van der Waals surface area contributed by atoms with Crippen molar-refractivity contribution in [3.63, 3.8) is 0 Å². The van der Waals surface area contributed by atoms with Crippen LogP contribution in [0.15, 0.2) is 48.5 Å². The molecule has 206 valence electrons. The predicted octanol–water partition coefficient (Wildman–Crippen LogP) is 3.83. The molecule has 38 heavy (non-hydrogen) atoms. The van der Waals surface area contributed by atoms with Gasteiger partial charge in [0.2, 0.25) is 0 Å². The first-order valence-corrected chi connectivity index (χ1v) is 13.1. The molecule has 0 saturated heterocycles. The highest BCUT2D eigenvalue weighted by Gasteiger charge is 2.16. The Morgan fingerprint density at radius 3 is 1.24 bits per heavy atom. The van der Waals surface area contributed by atoms with Gasteiger partial charge in [0.15, 0.2) is 0 Å². The molecule has 2 aromatic rings. The molecule has 0 fully saturated rings. The molecule has 0 heterocycles. The molecule has 0 saturated carbocycles. The van der Waals surface area contributed by atoms with E-state index in [1.165, 1.54) is 12.8 Å². The fourth-order valence-electron chi connectivity index (χ4n) is 3.33. The summed E-state index contributed by atoms with van der Waals surface area (Å²) in [5.74, 6) is -2.26. The Balaban J connectivity index is 1.68. The minimum absolute atomic E-state index is 0.269. The van der Waals surface area contributed by atoms with Crippen LogP contribution in [0.4, 0.5) is 0 Å². The number of hydrogen-bond acceptors (Lipinski definition) is 6. The second-order valence-corrected chi connectivity index (χ2v) is 8.68. The summed E-state index contributed by atoms with van der Waals surface area (Å²) in [4.78, 5) is 48.4. The van der Waals surface area contributed by atoms with Crippen LogP contribution < -0.4 is 31.2 Å². The van der Waals surface area contributed by atoms with Gasteiger partial charge in [-0.3, -0.25) is 40.9 Å². The summed E-state index contributed by atoms with van der Waals surface area (Å²) in [5, 5.41) is 0. The lowest BCUT2D eigenvalue weighted by molar-refractivity contribution is -0.140. The molecule has 0 spiro atoms. The van der Waals surface area contributed by atoms with Gasteiger partial charge in [-0.05, 0) is 61.4 Å². The number of benzene rings is 2. The summed E-state index contributed by atoms with van der Waals surface area (Å²) in [6.45, 7) is 5.49. The van der Waals surface area contributed by atoms with Crippen molar-refractivity contribution in [1.29, 1.82) is 0 Å². The van der Waals surface area contributed by atoms with E-state index in [2.05, 4.69) is 24.7 Å². The normalized spacial score (nSPS) is 10.3. The Morgan fingerprint density at radius 1 is 0.526 bits per heavy atom. The van der Waals surface area contributed by atoms with Crippen LogP contribution in [-0.4, -0.2) is 36.8 Å². The molecule has 0 radical (unpaired) electrons. The second kappa shape index (κ2) is 17.4. The van der Waals surface area contributed by atoms with Crippen molar-refractivity contribution >= 4 is 23.6 Å². The van der Waals surface area contributed by atoms with E-state index in [0.717, 1.165) is 38.5 Å². The minimum atomic E-state index is -1.16. The van der Waals surface area contributed by atoms with Crippen molar-refractivity contribution < 1.29 is 28.7 Å². The molecule has 0 atom stereocenters. The van der Waals surface area contributed by atoms with Crippen LogP contribution >= 0.6 is 0 Å². The van der Waals surface area contributed by atoms with Crippen LogP contribution in [0.5, 0.6) is 11.5 Å². The van der Waals surface area contributed by atoms with Crippen molar-refractivity contribution in [3.8, 4) is 11.5 Å². The van der Waals surface area contributed by atoms with Crippen LogP contribution in [0.1, 0.15) is 85.9 Å². The molecule has 0 aliphatic heterocycles. The van der Waals surface area contributed by atoms with E-state index in [-0.39, 0.29) is 11.1 Å². The Morgan fingerprint density at radius 2 is 0.895 bits per heavy atom. The third-order valence-corrected chi connectivity index (χ3v) is 5.55. The molecule has 0 aliphatic rings. The number of nitrogens with one attached hydrogen (secondary N) is 4. The number of hydrazine groups is 2. The van der Waals surface area contributed by atoms with E-state index in [4.69, 9.17) is 9.47 Å². The Bertz CT molecular complexity index is 941. The van der Waals surface area contributed by atoms with Crippen LogP contribution in [0.2, 0.25) is 0 Å². The molecule has 4 N–H and O–H groups in total. The number of rotatable bonds is 14. The molecule has 10 nitrogen and oxygen atoms in total. The lowest BCUT2D eigenvalue weighted by Gasteiger charge is -2.10. The lowest BCUT2D eigenvalue weighted by atomic mass is 10.2. The van der Waals surface area contributed by atoms with Crippen LogP contribution in [0, 0.1) is 0 Å². The highest BCUT2D eigenvalue weighted by molar-refractivity contribution is 6.35. The first-order valence-electron chi connectivity index (χ1n) is 13.1. The fraction of sp³-hybridized carbons (Fsp3) is 0.429. The standard InChI is InChI=1S/C28H38N4O6/c1-3-5-7-9-19-37-23-15-11-21(12-16-23)25(33)29-31-27(35)28(36)32-30-26(34)22-13-17-24(18-14-22)38-20-10-8-6-4-2/h11-18H,3-10,19-20H2,1-2H3,(H,29,33)(H,30,34)(H,31,35)(H,32,36). The van der Waals surface area contributed by atoms with E-state index >= 15 is 0 Å². The summed E-state index contributed by atoms with van der Waals surface area (Å²) in [5.41, 5.74) is 8.85. The van der Waals surface area contributed by atoms with Crippen LogP contribution in [0.3, 0.4) is 0 Å². The minimum Gasteiger partial charge on any atom is -0.494 e. The van der Waals surface area contributed by atoms with Crippen molar-refractivity contribution in [2.24, 2.45) is 0 Å². The van der Waals surface area contributed by atoms with Gasteiger partial charge in [-0.1, -0.05) is 52.4 Å². The molecular formula is C28H38N4O6. The van der Waals surface area contributed by atoms with Crippen molar-refractivity contribution in [1.82, 2.24) is 21.7 Å². The summed E-state index contributed by atoms with van der Waals surface area (Å²) >= 11 is 0. The van der Waals surface area contributed by atoms with E-state index in [1.807, 2.05) is 10.9 Å². The van der Waals surface area contributed by atoms with Gasteiger partial charge < -0.3 is 9.47 Å². The average molecular weight is 527 g/mol. The fourth-order valence-corrected chi connectivity index (χ4v) is 3.33. The lowest BCUT2D eigenvalue weighted by Crippen LogP contribution is -2.52. The van der Waals surface area contributed by atoms with Gasteiger partial charge in [0.05, 0.1) is 13.2 Å². The third kappa shape index (κ3) is 11.3. The number of ether oxygens (including phenoxy) is 2. The molecule has 0 unspecified atom stereocenters. The number of carbonyl (C=O) groups is 4. The first-order chi connectivity index (χ1) is 18.4. The van der Waals surface area contributed by atoms with Gasteiger partial charge in [0, 0.05) is 11.1 Å². The highest BCUT2D eigenvalue weighted by Crippen LogP contribution is 2.14. The molecular weight excluding hydrogens is 488 g/mol. The topological polar surface area (TPSA) is 135 Å². The number of carbonyl (C=O) groups excluding carboxylic acids is 4. The Kier molecular flexibility index (Phi) is 13.8. The first kappa shape index (κ1) is 30.1. The Labute approximate surface area is 223 Å². The molecule has 2 aromatic carbocycles. The molecule has 0 bridgehead atoms. The number of amides is 4. The number of unbranched alkanes of at least 4 members (excludes halogenated alkanes) is 6. The Hall–Kier alpha value is -4.08. The van der Waals surface area contributed by atoms with Crippen molar-refractivity contribution in [2.75, 3.05) is 13.2 Å². The van der Waals surface area contributed by atoms with Gasteiger partial charge in [0.25, 0.3) is 11.8 Å². The van der Waals surface area contributed by atoms with Crippen LogP contribution in [0.25, 0.3) is 0 Å². The van der Waals surface area contributed by atoms with Gasteiger partial charge in [-0.15, -0.1) is 0 Å². The van der Waals surface area contributed by atoms with E-state index in [9.17, 15) is 19.2 Å². The summed E-state index contributed by atoms with van der Waals surface area (Å²) in [6.07, 6.45) is 8.78. The molecule has 2 rings (SSSR count). The smallest absolute Gasteiger partial charge is 0.329 e. The molecule has 4 amide bonds. The van der Waals surface area contributed by atoms with E-state index < -0.39 is 23.6 Å². The highest BCUT2D eigenvalue weighted by atomic mass is 16.5. The third-order valence-electron chi connectivity index (χ3n) is 5.55. The van der Waals surface area contributed by atoms with Crippen molar-refractivity contribution in [3.05, 3.63) is 59.7 Å². The van der Waals surface area contributed by atoms with Gasteiger partial charge in [-0.2, -0.15) is 0 Å². The van der Waals surface area contributed by atoms with E-state index in [0.29, 0.717) is 24.7 Å². The molecule has 10 heteroatoms. The predicted molar refractivity (Wildman–Crippen MR) is 143 cm³/mol. The number of hydrogen-bond donors (Lipinski definition) is 4. The molecule has 0 aromatic heterocycles. The summed E-state index contributed by atoms with van der Waals surface area (Å²) < 4.78 is 11.3. The second-order valence-electron chi connectivity index (χ2n) is 8.68. The summed E-state index contributed by atoms with van der Waals surface area (Å²) in [6, 6.07) is 12.8. The maximum Gasteiger partial charge on any atom is 0.329 e. The zero-order valence-corrected chi connectivity index (χ0v) is 22.1. The van der Waals surface area contributed by atoms with Crippen molar-refractivity contribution in [2.45, 2.75) is 65.2 Å². The maximum absolute atomic E-state index is 12.2. The monoisotopic (exact) mass is 526 g/mol. The summed E-state index contributed by atoms with van der Waals surface area (Å²) in [7, 11) is 0. The van der Waals surface area contributed by atoms with Gasteiger partial charge in [0.1, 0.15) is 11.5 Å².